The lowest BCUT2D eigenvalue weighted by atomic mass is 9.97. The first kappa shape index (κ1) is 16.2. The van der Waals surface area contributed by atoms with Crippen molar-refractivity contribution in [3.05, 3.63) is 59.2 Å². The topological polar surface area (TPSA) is 55.4 Å². The van der Waals surface area contributed by atoms with Gasteiger partial charge in [0, 0.05) is 0 Å². The van der Waals surface area contributed by atoms with Gasteiger partial charge in [0.05, 0.1) is 18.4 Å². The molecule has 0 spiro atoms. The molecule has 0 saturated heterocycles. The van der Waals surface area contributed by atoms with Crippen LogP contribution in [0.3, 0.4) is 0 Å². The Morgan fingerprint density at radius 1 is 0.917 bits per heavy atom. The lowest BCUT2D eigenvalue weighted by Gasteiger charge is -2.10. The number of rotatable bonds is 7. The first-order chi connectivity index (χ1) is 11.7. The molecule has 0 aromatic heterocycles. The van der Waals surface area contributed by atoms with Crippen molar-refractivity contribution < 1.29 is 14.3 Å². The number of ether oxygens (including phenoxy) is 1. The summed E-state index contributed by atoms with van der Waals surface area (Å²) in [5.74, 6) is -0.486. The van der Waals surface area contributed by atoms with Crippen LogP contribution in [0.15, 0.2) is 42.5 Å². The van der Waals surface area contributed by atoms with Crippen LogP contribution in [0, 0.1) is 0 Å². The number of ketones is 1. The molecule has 0 bridgehead atoms. The third kappa shape index (κ3) is 3.32. The van der Waals surface area contributed by atoms with E-state index in [4.69, 9.17) is 4.74 Å². The third-order valence-electron chi connectivity index (χ3n) is 4.40. The van der Waals surface area contributed by atoms with Gasteiger partial charge in [-0.15, -0.1) is 0 Å². The number of unbranched alkanes of at least 4 members (excludes halogenated alkanes) is 2. The Kier molecular flexibility index (Phi) is 4.94. The van der Waals surface area contributed by atoms with Crippen LogP contribution in [0.5, 0.6) is 5.75 Å². The van der Waals surface area contributed by atoms with Crippen LogP contribution in [0.25, 0.3) is 0 Å². The fraction of sp³-hybridized carbons (Fsp3) is 0.300. The van der Waals surface area contributed by atoms with E-state index in [2.05, 4.69) is 29.6 Å². The monoisotopic (exact) mass is 323 g/mol. The fourth-order valence-electron chi connectivity index (χ4n) is 3.14. The Morgan fingerprint density at radius 2 is 1.67 bits per heavy atom. The van der Waals surface area contributed by atoms with Gasteiger partial charge in [0.2, 0.25) is 0 Å². The number of carbonyl (C=O) groups is 2. The molecular weight excluding hydrogens is 302 g/mol. The van der Waals surface area contributed by atoms with Crippen molar-refractivity contribution in [2.75, 3.05) is 12.4 Å². The highest BCUT2D eigenvalue weighted by Gasteiger charge is 2.32. The summed E-state index contributed by atoms with van der Waals surface area (Å²) >= 11 is 0. The molecule has 124 valence electrons. The van der Waals surface area contributed by atoms with Crippen molar-refractivity contribution in [2.24, 2.45) is 0 Å². The van der Waals surface area contributed by atoms with E-state index in [9.17, 15) is 9.59 Å². The molecule has 24 heavy (non-hydrogen) atoms. The van der Waals surface area contributed by atoms with Crippen molar-refractivity contribution in [3.8, 4) is 5.75 Å². The standard InChI is InChI=1S/C20H21NO3/c1-24-16-13-12-15(17-18(16)21-20(23)19(17)22)11-7-3-6-10-14-8-4-2-5-9-14/h2,4-5,8-9,12-13H,3,6-7,10-11H2,1H3,(H,21,22,23). The van der Waals surface area contributed by atoms with Crippen molar-refractivity contribution in [1.82, 2.24) is 0 Å². The minimum atomic E-state index is -0.570. The smallest absolute Gasteiger partial charge is 0.296 e. The molecule has 0 aliphatic carbocycles. The number of hydrogen-bond acceptors (Lipinski definition) is 3. The van der Waals surface area contributed by atoms with Crippen LogP contribution in [-0.2, 0) is 17.6 Å². The number of methoxy groups -OCH3 is 1. The molecule has 1 aliphatic rings. The number of anilines is 1. The molecule has 1 aliphatic heterocycles. The largest absolute Gasteiger partial charge is 0.495 e. The molecule has 0 fully saturated rings. The van der Waals surface area contributed by atoms with E-state index in [0.29, 0.717) is 17.0 Å². The SMILES string of the molecule is COc1ccc(CCCCCc2ccccc2)c2c1NC(=O)C2=O. The number of aryl methyl sites for hydroxylation is 2. The summed E-state index contributed by atoms with van der Waals surface area (Å²) in [5, 5.41) is 2.62. The second kappa shape index (κ2) is 7.30. The van der Waals surface area contributed by atoms with E-state index in [1.807, 2.05) is 18.2 Å². The number of fused-ring (bicyclic) bond motifs is 1. The van der Waals surface area contributed by atoms with Gasteiger partial charge in [0.15, 0.2) is 0 Å². The molecule has 0 atom stereocenters. The third-order valence-corrected chi connectivity index (χ3v) is 4.40. The minimum absolute atomic E-state index is 0.455. The Morgan fingerprint density at radius 3 is 2.42 bits per heavy atom. The van der Waals surface area contributed by atoms with Crippen LogP contribution in [0.2, 0.25) is 0 Å². The van der Waals surface area contributed by atoms with Crippen LogP contribution >= 0.6 is 0 Å². The second-order valence-electron chi connectivity index (χ2n) is 6.01. The summed E-state index contributed by atoms with van der Waals surface area (Å²) in [7, 11) is 1.54. The molecule has 4 heteroatoms. The molecule has 3 rings (SSSR count). The number of benzene rings is 2. The van der Waals surface area contributed by atoms with E-state index in [-0.39, 0.29) is 0 Å². The zero-order valence-corrected chi connectivity index (χ0v) is 13.8. The fourth-order valence-corrected chi connectivity index (χ4v) is 3.14. The summed E-state index contributed by atoms with van der Waals surface area (Å²) in [6.45, 7) is 0. The summed E-state index contributed by atoms with van der Waals surface area (Å²) in [4.78, 5) is 23.8. The zero-order chi connectivity index (χ0) is 16.9. The molecule has 0 radical (unpaired) electrons. The second-order valence-corrected chi connectivity index (χ2v) is 6.01. The van der Waals surface area contributed by atoms with Gasteiger partial charge in [-0.05, 0) is 42.9 Å². The van der Waals surface area contributed by atoms with Gasteiger partial charge in [-0.1, -0.05) is 42.8 Å². The maximum atomic E-state index is 12.1. The van der Waals surface area contributed by atoms with Crippen molar-refractivity contribution in [3.63, 3.8) is 0 Å². The highest BCUT2D eigenvalue weighted by molar-refractivity contribution is 6.52. The predicted octanol–water partition coefficient (Wildman–Crippen LogP) is 3.79. The van der Waals surface area contributed by atoms with E-state index in [1.54, 1.807) is 0 Å². The summed E-state index contributed by atoms with van der Waals surface area (Å²) in [6.07, 6.45) is 5.06. The molecule has 2 aromatic carbocycles. The van der Waals surface area contributed by atoms with Crippen LogP contribution < -0.4 is 10.1 Å². The molecule has 1 heterocycles. The summed E-state index contributed by atoms with van der Waals surface area (Å²) < 4.78 is 5.23. The molecule has 0 unspecified atom stereocenters. The molecule has 4 nitrogen and oxygen atoms in total. The Bertz CT molecular complexity index is 753. The maximum Gasteiger partial charge on any atom is 0.296 e. The van der Waals surface area contributed by atoms with Gasteiger partial charge < -0.3 is 10.1 Å². The van der Waals surface area contributed by atoms with Crippen molar-refractivity contribution in [1.29, 1.82) is 0 Å². The molecule has 1 N–H and O–H groups in total. The Labute approximate surface area is 141 Å². The van der Waals surface area contributed by atoms with E-state index in [1.165, 1.54) is 12.7 Å². The van der Waals surface area contributed by atoms with Gasteiger partial charge in [0.25, 0.3) is 11.7 Å². The number of hydrogen-bond donors (Lipinski definition) is 1. The highest BCUT2D eigenvalue weighted by Crippen LogP contribution is 2.36. The quantitative estimate of drug-likeness (QED) is 0.623. The Balaban J connectivity index is 1.59. The summed E-state index contributed by atoms with van der Waals surface area (Å²) in [5.41, 5.74) is 3.29. The first-order valence-corrected chi connectivity index (χ1v) is 8.30. The van der Waals surface area contributed by atoms with Gasteiger partial charge in [0.1, 0.15) is 5.75 Å². The zero-order valence-electron chi connectivity index (χ0n) is 13.8. The van der Waals surface area contributed by atoms with Crippen LogP contribution in [-0.4, -0.2) is 18.8 Å². The lowest BCUT2D eigenvalue weighted by molar-refractivity contribution is -0.112. The van der Waals surface area contributed by atoms with Crippen LogP contribution in [0.4, 0.5) is 5.69 Å². The van der Waals surface area contributed by atoms with E-state index >= 15 is 0 Å². The number of nitrogens with one attached hydrogen (secondary N) is 1. The summed E-state index contributed by atoms with van der Waals surface area (Å²) in [6, 6.07) is 14.2. The first-order valence-electron chi connectivity index (χ1n) is 8.30. The van der Waals surface area contributed by atoms with Gasteiger partial charge in [-0.2, -0.15) is 0 Å². The van der Waals surface area contributed by atoms with Gasteiger partial charge in [-0.3, -0.25) is 9.59 Å². The molecule has 1 amide bonds. The highest BCUT2D eigenvalue weighted by atomic mass is 16.5. The number of amides is 1. The average molecular weight is 323 g/mol. The number of carbonyl (C=O) groups excluding carboxylic acids is 2. The number of Topliss-reactive ketones (excluding diaryl/α,β-unsaturated/α-hetero) is 1. The van der Waals surface area contributed by atoms with Gasteiger partial charge >= 0.3 is 0 Å². The lowest BCUT2D eigenvalue weighted by Crippen LogP contribution is -2.13. The van der Waals surface area contributed by atoms with E-state index < -0.39 is 11.7 Å². The average Bonchev–Trinajstić information content (AvgIpc) is 2.91. The molecule has 2 aromatic rings. The molecule has 0 saturated carbocycles. The van der Waals surface area contributed by atoms with Crippen LogP contribution in [0.1, 0.15) is 40.7 Å². The van der Waals surface area contributed by atoms with E-state index in [0.717, 1.165) is 37.7 Å². The minimum Gasteiger partial charge on any atom is -0.495 e. The normalized spacial score (nSPS) is 12.9. The van der Waals surface area contributed by atoms with Crippen molar-refractivity contribution >= 4 is 17.4 Å². The Hall–Kier alpha value is -2.62. The molecular formula is C20H21NO3. The van der Waals surface area contributed by atoms with Crippen molar-refractivity contribution in [2.45, 2.75) is 32.1 Å². The predicted molar refractivity (Wildman–Crippen MR) is 93.7 cm³/mol. The van der Waals surface area contributed by atoms with Gasteiger partial charge in [-0.25, -0.2) is 0 Å². The maximum absolute atomic E-state index is 12.1.